The number of nitrogens with zero attached hydrogens (tertiary/aromatic N) is 2. The van der Waals surface area contributed by atoms with Crippen LogP contribution in [0.25, 0.3) is 11.0 Å². The van der Waals surface area contributed by atoms with Gasteiger partial charge in [-0.25, -0.2) is 4.98 Å². The number of allylic oxidation sites excluding steroid dienone is 3. The van der Waals surface area contributed by atoms with Gasteiger partial charge < -0.3 is 24.7 Å². The summed E-state index contributed by atoms with van der Waals surface area (Å²) in [6.45, 7) is 9.11. The third-order valence-electron chi connectivity index (χ3n) is 7.08. The van der Waals surface area contributed by atoms with Crippen LogP contribution in [0.3, 0.4) is 0 Å². The quantitative estimate of drug-likeness (QED) is 0.154. The maximum atomic E-state index is 12.4. The monoisotopic (exact) mass is 636 g/mol. The molecule has 1 aliphatic rings. The van der Waals surface area contributed by atoms with Crippen molar-refractivity contribution >= 4 is 40.3 Å². The fourth-order valence-corrected chi connectivity index (χ4v) is 5.34. The van der Waals surface area contributed by atoms with E-state index in [9.17, 15) is 9.59 Å². The van der Waals surface area contributed by atoms with Crippen molar-refractivity contribution in [3.05, 3.63) is 127 Å². The molecule has 0 aliphatic heterocycles. The van der Waals surface area contributed by atoms with E-state index in [0.29, 0.717) is 35.8 Å². The van der Waals surface area contributed by atoms with Gasteiger partial charge in [0.1, 0.15) is 29.7 Å². The molecule has 0 saturated heterocycles. The van der Waals surface area contributed by atoms with E-state index < -0.39 is 0 Å². The topological polar surface area (TPSA) is 94.5 Å². The standard InChI is InChI=1S/C34H34N4O4S.C3H6/c1-4-35-34(40)31(43-3)20-23-10-14-26(15-11-23)41-22-32-37-29-19-18-28(21-30(29)38(32)2)42-27-16-12-25(13-17-27)36-33(39)24-8-6-5-7-9-24;1-3-2/h4,6,8-19,21,31H,1,5,7,20,22H2,2-3H3,(H,35,40)(H,36,39);3H,1H2,2H3. The number of hydrogen-bond acceptors (Lipinski definition) is 6. The third kappa shape index (κ3) is 9.25. The predicted octanol–water partition coefficient (Wildman–Crippen LogP) is 7.89. The van der Waals surface area contributed by atoms with Crippen LogP contribution in [0.15, 0.2) is 116 Å². The molecule has 0 radical (unpaired) electrons. The number of aryl methyl sites for hydroxylation is 1. The Hall–Kier alpha value is -5.02. The van der Waals surface area contributed by atoms with Gasteiger partial charge in [-0.3, -0.25) is 9.59 Å². The summed E-state index contributed by atoms with van der Waals surface area (Å²) in [7, 11) is 1.95. The minimum Gasteiger partial charge on any atom is -0.486 e. The number of amides is 2. The maximum absolute atomic E-state index is 12.4. The molecule has 1 unspecified atom stereocenters. The number of benzene rings is 3. The van der Waals surface area contributed by atoms with Gasteiger partial charge in [0.05, 0.1) is 16.3 Å². The smallest absolute Gasteiger partial charge is 0.255 e. The SMILES string of the molecule is C=CC.C=CNC(=O)C(Cc1ccc(OCc2nc3ccc(Oc4ccc(NC(=O)C5=CCCC=C5)cc4)cc3n2C)cc1)SC. The van der Waals surface area contributed by atoms with E-state index in [2.05, 4.69) is 23.8 Å². The molecule has 0 bridgehead atoms. The predicted molar refractivity (Wildman–Crippen MR) is 188 cm³/mol. The number of hydrogen-bond donors (Lipinski definition) is 2. The number of imidazole rings is 1. The Balaban J connectivity index is 0.00000154. The van der Waals surface area contributed by atoms with Gasteiger partial charge in [0.15, 0.2) is 0 Å². The fraction of sp³-hybridized carbons (Fsp3) is 0.216. The highest BCUT2D eigenvalue weighted by atomic mass is 32.2. The van der Waals surface area contributed by atoms with Crippen molar-refractivity contribution in [3.8, 4) is 17.2 Å². The number of carbonyl (C=O) groups excluding carboxylic acids is 2. The average molecular weight is 637 g/mol. The van der Waals surface area contributed by atoms with Crippen LogP contribution in [0.1, 0.15) is 31.2 Å². The van der Waals surface area contributed by atoms with Gasteiger partial charge in [0.2, 0.25) is 5.91 Å². The van der Waals surface area contributed by atoms with Gasteiger partial charge in [-0.1, -0.05) is 43.0 Å². The lowest BCUT2D eigenvalue weighted by Crippen LogP contribution is -2.30. The summed E-state index contributed by atoms with van der Waals surface area (Å²) in [6, 6.07) is 20.8. The number of aromatic nitrogens is 2. The van der Waals surface area contributed by atoms with E-state index in [4.69, 9.17) is 14.5 Å². The molecular weight excluding hydrogens is 596 g/mol. The second-order valence-corrected chi connectivity index (χ2v) is 11.5. The second kappa shape index (κ2) is 16.9. The van der Waals surface area contributed by atoms with Gasteiger partial charge in [-0.2, -0.15) is 11.8 Å². The highest BCUT2D eigenvalue weighted by Gasteiger charge is 2.17. The van der Waals surface area contributed by atoms with Crippen LogP contribution < -0.4 is 20.1 Å². The highest BCUT2D eigenvalue weighted by molar-refractivity contribution is 7.99. The van der Waals surface area contributed by atoms with Crippen LogP contribution >= 0.6 is 11.8 Å². The summed E-state index contributed by atoms with van der Waals surface area (Å²) in [4.78, 5) is 29.3. The Kier molecular flexibility index (Phi) is 12.4. The molecule has 1 atom stereocenters. The molecule has 8 nitrogen and oxygen atoms in total. The van der Waals surface area contributed by atoms with Crippen LogP contribution in [0, 0.1) is 0 Å². The Morgan fingerprint density at radius 1 is 1.02 bits per heavy atom. The van der Waals surface area contributed by atoms with Crippen molar-refractivity contribution in [2.45, 2.75) is 38.0 Å². The molecular formula is C37H40N4O4S. The molecule has 0 saturated carbocycles. The third-order valence-corrected chi connectivity index (χ3v) is 8.03. The first-order chi connectivity index (χ1) is 22.3. The minimum absolute atomic E-state index is 0.0533. The maximum Gasteiger partial charge on any atom is 0.255 e. The number of anilines is 1. The van der Waals surface area contributed by atoms with E-state index in [0.717, 1.165) is 41.0 Å². The molecule has 2 N–H and O–H groups in total. The number of fused-ring (bicyclic) bond motifs is 1. The molecule has 9 heteroatoms. The first-order valence-corrected chi connectivity index (χ1v) is 16.3. The minimum atomic E-state index is -0.187. The lowest BCUT2D eigenvalue weighted by Gasteiger charge is -2.13. The molecule has 238 valence electrons. The second-order valence-electron chi connectivity index (χ2n) is 10.4. The summed E-state index contributed by atoms with van der Waals surface area (Å²) in [5, 5.41) is 5.40. The molecule has 1 heterocycles. The fourth-order valence-electron chi connectivity index (χ4n) is 4.70. The van der Waals surface area contributed by atoms with E-state index in [-0.39, 0.29) is 17.1 Å². The van der Waals surface area contributed by atoms with Gasteiger partial charge in [0.25, 0.3) is 5.91 Å². The molecule has 2 amide bonds. The number of ether oxygens (including phenoxy) is 2. The Morgan fingerprint density at radius 2 is 1.72 bits per heavy atom. The van der Waals surface area contributed by atoms with Crippen molar-refractivity contribution < 1.29 is 19.1 Å². The summed E-state index contributed by atoms with van der Waals surface area (Å²) in [5.74, 6) is 2.68. The lowest BCUT2D eigenvalue weighted by atomic mass is 10.1. The summed E-state index contributed by atoms with van der Waals surface area (Å²) >= 11 is 1.51. The van der Waals surface area contributed by atoms with Gasteiger partial charge in [0, 0.05) is 24.4 Å². The molecule has 0 fully saturated rings. The Morgan fingerprint density at radius 3 is 2.37 bits per heavy atom. The van der Waals surface area contributed by atoms with Gasteiger partial charge in [-0.15, -0.1) is 6.58 Å². The Labute approximate surface area is 274 Å². The van der Waals surface area contributed by atoms with Crippen molar-refractivity contribution in [1.82, 2.24) is 14.9 Å². The van der Waals surface area contributed by atoms with Crippen molar-refractivity contribution in [2.24, 2.45) is 7.05 Å². The van der Waals surface area contributed by atoms with Crippen molar-refractivity contribution in [3.63, 3.8) is 0 Å². The molecule has 0 spiro atoms. The average Bonchev–Trinajstić information content (AvgIpc) is 3.39. The highest BCUT2D eigenvalue weighted by Crippen LogP contribution is 2.28. The van der Waals surface area contributed by atoms with E-state index >= 15 is 0 Å². The summed E-state index contributed by atoms with van der Waals surface area (Å²) in [6.07, 6.45) is 13.4. The first kappa shape index (κ1) is 33.9. The summed E-state index contributed by atoms with van der Waals surface area (Å²) < 4.78 is 14.1. The van der Waals surface area contributed by atoms with Crippen LogP contribution in [-0.4, -0.2) is 32.9 Å². The van der Waals surface area contributed by atoms with Crippen molar-refractivity contribution in [1.29, 1.82) is 0 Å². The number of thioether (sulfide) groups is 1. The van der Waals surface area contributed by atoms with E-state index in [1.807, 2.05) is 110 Å². The normalized spacial score (nSPS) is 12.6. The van der Waals surface area contributed by atoms with Crippen LogP contribution in [0.2, 0.25) is 0 Å². The lowest BCUT2D eigenvalue weighted by molar-refractivity contribution is -0.119. The van der Waals surface area contributed by atoms with E-state index in [1.54, 1.807) is 6.08 Å². The van der Waals surface area contributed by atoms with Gasteiger partial charge in [-0.05, 0) is 92.7 Å². The van der Waals surface area contributed by atoms with Crippen LogP contribution in [0.4, 0.5) is 5.69 Å². The Bertz CT molecular complexity index is 1720. The zero-order valence-electron chi connectivity index (χ0n) is 26.5. The largest absolute Gasteiger partial charge is 0.486 e. The van der Waals surface area contributed by atoms with Crippen LogP contribution in [-0.2, 0) is 29.7 Å². The van der Waals surface area contributed by atoms with Gasteiger partial charge >= 0.3 is 0 Å². The molecule has 3 aromatic carbocycles. The molecule has 4 aromatic rings. The van der Waals surface area contributed by atoms with Crippen molar-refractivity contribution in [2.75, 3.05) is 11.6 Å². The first-order valence-electron chi connectivity index (χ1n) is 15.0. The molecule has 1 aromatic heterocycles. The molecule has 1 aliphatic carbocycles. The zero-order chi connectivity index (χ0) is 32.9. The molecule has 46 heavy (non-hydrogen) atoms. The number of nitrogens with one attached hydrogen (secondary N) is 2. The zero-order valence-corrected chi connectivity index (χ0v) is 27.3. The molecule has 5 rings (SSSR count). The van der Waals surface area contributed by atoms with Crippen LogP contribution in [0.5, 0.6) is 17.2 Å². The number of rotatable bonds is 12. The van der Waals surface area contributed by atoms with E-state index in [1.165, 1.54) is 18.0 Å². The summed E-state index contributed by atoms with van der Waals surface area (Å²) in [5.41, 5.74) is 4.21. The number of carbonyl (C=O) groups is 2.